The molecule has 6 heteroatoms. The SMILES string of the molecule is CCCOc1cc(N2CC(O)(CCC)C2)ccc1[N+](=O)[O-]. The topological polar surface area (TPSA) is 75.8 Å². The molecule has 1 aromatic carbocycles. The Hall–Kier alpha value is -1.82. The predicted molar refractivity (Wildman–Crippen MR) is 81.0 cm³/mol. The van der Waals surface area contributed by atoms with Crippen LogP contribution in [0.1, 0.15) is 33.1 Å². The Morgan fingerprint density at radius 2 is 2.10 bits per heavy atom. The zero-order valence-corrected chi connectivity index (χ0v) is 12.5. The summed E-state index contributed by atoms with van der Waals surface area (Å²) in [7, 11) is 0. The van der Waals surface area contributed by atoms with E-state index in [2.05, 4.69) is 0 Å². The van der Waals surface area contributed by atoms with Crippen molar-refractivity contribution in [3.63, 3.8) is 0 Å². The number of nitrogens with zero attached hydrogens (tertiary/aromatic N) is 2. The van der Waals surface area contributed by atoms with Gasteiger partial charge in [-0.3, -0.25) is 10.1 Å². The molecule has 1 aliphatic heterocycles. The van der Waals surface area contributed by atoms with Gasteiger partial charge >= 0.3 is 5.69 Å². The number of ether oxygens (including phenoxy) is 1. The maximum absolute atomic E-state index is 11.0. The van der Waals surface area contributed by atoms with Crippen LogP contribution in [0.5, 0.6) is 5.75 Å². The fourth-order valence-corrected chi connectivity index (χ4v) is 2.65. The highest BCUT2D eigenvalue weighted by Crippen LogP contribution is 2.36. The van der Waals surface area contributed by atoms with Crippen molar-refractivity contribution in [1.82, 2.24) is 0 Å². The van der Waals surface area contributed by atoms with Gasteiger partial charge in [-0.1, -0.05) is 20.3 Å². The standard InChI is InChI=1S/C15H22N2O4/c1-3-7-15(18)10-16(11-15)12-5-6-13(17(19)20)14(9-12)21-8-4-2/h5-6,9,18H,3-4,7-8,10-11H2,1-2H3. The van der Waals surface area contributed by atoms with Crippen LogP contribution in [0.15, 0.2) is 18.2 Å². The molecule has 6 nitrogen and oxygen atoms in total. The van der Waals surface area contributed by atoms with Crippen LogP contribution in [0, 0.1) is 10.1 Å². The molecule has 21 heavy (non-hydrogen) atoms. The molecule has 0 amide bonds. The van der Waals surface area contributed by atoms with E-state index in [1.807, 2.05) is 18.7 Å². The summed E-state index contributed by atoms with van der Waals surface area (Å²) in [6.45, 7) is 5.57. The summed E-state index contributed by atoms with van der Waals surface area (Å²) < 4.78 is 5.48. The molecule has 1 fully saturated rings. The Morgan fingerprint density at radius 1 is 1.38 bits per heavy atom. The lowest BCUT2D eigenvalue weighted by Crippen LogP contribution is -2.61. The van der Waals surface area contributed by atoms with Gasteiger partial charge < -0.3 is 14.7 Å². The van der Waals surface area contributed by atoms with Gasteiger partial charge in [-0.05, 0) is 18.9 Å². The molecule has 1 aromatic rings. The molecule has 0 saturated carbocycles. The van der Waals surface area contributed by atoms with E-state index in [1.54, 1.807) is 12.1 Å². The van der Waals surface area contributed by atoms with E-state index < -0.39 is 10.5 Å². The van der Waals surface area contributed by atoms with E-state index >= 15 is 0 Å². The van der Waals surface area contributed by atoms with E-state index in [0.29, 0.717) is 25.4 Å². The zero-order chi connectivity index (χ0) is 15.5. The van der Waals surface area contributed by atoms with Crippen molar-refractivity contribution in [1.29, 1.82) is 0 Å². The first kappa shape index (κ1) is 15.6. The molecule has 1 aliphatic rings. The third kappa shape index (κ3) is 3.44. The number of hydrogen-bond acceptors (Lipinski definition) is 5. The molecule has 1 heterocycles. The summed E-state index contributed by atoms with van der Waals surface area (Å²) in [4.78, 5) is 12.6. The highest BCUT2D eigenvalue weighted by atomic mass is 16.6. The van der Waals surface area contributed by atoms with Gasteiger partial charge in [0.2, 0.25) is 0 Å². The molecule has 116 valence electrons. The number of aliphatic hydroxyl groups is 1. The average Bonchev–Trinajstić information content (AvgIpc) is 2.42. The molecule has 0 bridgehead atoms. The number of rotatable bonds is 7. The second kappa shape index (κ2) is 6.30. The van der Waals surface area contributed by atoms with E-state index in [-0.39, 0.29) is 5.69 Å². The summed E-state index contributed by atoms with van der Waals surface area (Å²) in [6.07, 6.45) is 2.51. The summed E-state index contributed by atoms with van der Waals surface area (Å²) >= 11 is 0. The summed E-state index contributed by atoms with van der Waals surface area (Å²) in [5, 5.41) is 21.2. The van der Waals surface area contributed by atoms with Crippen molar-refractivity contribution in [2.75, 3.05) is 24.6 Å². The minimum atomic E-state index is -0.624. The van der Waals surface area contributed by atoms with Gasteiger partial charge in [0.25, 0.3) is 0 Å². The molecule has 1 N–H and O–H groups in total. The Balaban J connectivity index is 2.13. The van der Waals surface area contributed by atoms with E-state index in [9.17, 15) is 15.2 Å². The lowest BCUT2D eigenvalue weighted by atomic mass is 9.89. The van der Waals surface area contributed by atoms with E-state index in [4.69, 9.17) is 4.74 Å². The monoisotopic (exact) mass is 294 g/mol. The Morgan fingerprint density at radius 3 is 2.67 bits per heavy atom. The van der Waals surface area contributed by atoms with Crippen molar-refractivity contribution in [3.8, 4) is 5.75 Å². The molecule has 0 atom stereocenters. The quantitative estimate of drug-likeness (QED) is 0.618. The van der Waals surface area contributed by atoms with Crippen LogP contribution >= 0.6 is 0 Å². The first-order chi connectivity index (χ1) is 9.99. The molecular weight excluding hydrogens is 272 g/mol. The summed E-state index contributed by atoms with van der Waals surface area (Å²) in [5.41, 5.74) is 0.213. The molecule has 0 unspecified atom stereocenters. The highest BCUT2D eigenvalue weighted by molar-refractivity contribution is 5.61. The highest BCUT2D eigenvalue weighted by Gasteiger charge is 2.40. The number of nitro benzene ring substituents is 1. The minimum Gasteiger partial charge on any atom is -0.487 e. The van der Waals surface area contributed by atoms with Crippen LogP contribution in [0.2, 0.25) is 0 Å². The van der Waals surface area contributed by atoms with Crippen molar-refractivity contribution in [2.24, 2.45) is 0 Å². The molecule has 2 rings (SSSR count). The summed E-state index contributed by atoms with van der Waals surface area (Å²) in [6, 6.07) is 4.87. The number of hydrogen-bond donors (Lipinski definition) is 1. The van der Waals surface area contributed by atoms with Gasteiger partial charge in [0.05, 0.1) is 17.1 Å². The minimum absolute atomic E-state index is 0.0171. The number of benzene rings is 1. The van der Waals surface area contributed by atoms with Crippen LogP contribution in [0.25, 0.3) is 0 Å². The van der Waals surface area contributed by atoms with Crippen molar-refractivity contribution in [2.45, 2.75) is 38.7 Å². The fourth-order valence-electron chi connectivity index (χ4n) is 2.65. The van der Waals surface area contributed by atoms with Crippen molar-refractivity contribution in [3.05, 3.63) is 28.3 Å². The molecule has 0 radical (unpaired) electrons. The van der Waals surface area contributed by atoms with E-state index in [0.717, 1.165) is 24.9 Å². The molecule has 0 aliphatic carbocycles. The van der Waals surface area contributed by atoms with Gasteiger partial charge in [0.1, 0.15) is 0 Å². The Labute approximate surface area is 124 Å². The van der Waals surface area contributed by atoms with Gasteiger partial charge in [0.15, 0.2) is 5.75 Å². The normalized spacial score (nSPS) is 16.4. The Kier molecular flexibility index (Phi) is 4.67. The first-order valence-electron chi connectivity index (χ1n) is 7.37. The number of anilines is 1. The maximum atomic E-state index is 11.0. The smallest absolute Gasteiger partial charge is 0.311 e. The lowest BCUT2D eigenvalue weighted by Gasteiger charge is -2.48. The van der Waals surface area contributed by atoms with E-state index in [1.165, 1.54) is 6.07 Å². The molecule has 0 aromatic heterocycles. The molecular formula is C15H22N2O4. The third-order valence-corrected chi connectivity index (χ3v) is 3.65. The van der Waals surface area contributed by atoms with Crippen LogP contribution < -0.4 is 9.64 Å². The van der Waals surface area contributed by atoms with Crippen LogP contribution in [-0.2, 0) is 0 Å². The maximum Gasteiger partial charge on any atom is 0.311 e. The van der Waals surface area contributed by atoms with Crippen LogP contribution in [0.3, 0.4) is 0 Å². The summed E-state index contributed by atoms with van der Waals surface area (Å²) in [5.74, 6) is 0.297. The fraction of sp³-hybridized carbons (Fsp3) is 0.600. The van der Waals surface area contributed by atoms with Crippen molar-refractivity contribution >= 4 is 11.4 Å². The predicted octanol–water partition coefficient (Wildman–Crippen LogP) is 2.73. The number of nitro groups is 1. The third-order valence-electron chi connectivity index (χ3n) is 3.65. The number of β-amino-alcohol motifs (C(OH)–C–C–N with tert-alkyl or cyclic N) is 1. The Bertz CT molecular complexity index is 512. The van der Waals surface area contributed by atoms with Crippen LogP contribution in [0.4, 0.5) is 11.4 Å². The van der Waals surface area contributed by atoms with Gasteiger partial charge in [0, 0.05) is 30.9 Å². The van der Waals surface area contributed by atoms with Gasteiger partial charge in [-0.15, -0.1) is 0 Å². The zero-order valence-electron chi connectivity index (χ0n) is 12.5. The van der Waals surface area contributed by atoms with Crippen molar-refractivity contribution < 1.29 is 14.8 Å². The van der Waals surface area contributed by atoms with Gasteiger partial charge in [-0.25, -0.2) is 0 Å². The first-order valence-corrected chi connectivity index (χ1v) is 7.37. The second-order valence-electron chi connectivity index (χ2n) is 5.59. The molecule has 1 saturated heterocycles. The lowest BCUT2D eigenvalue weighted by molar-refractivity contribution is -0.385. The average molecular weight is 294 g/mol. The molecule has 0 spiro atoms. The second-order valence-corrected chi connectivity index (χ2v) is 5.59. The van der Waals surface area contributed by atoms with Gasteiger partial charge in [-0.2, -0.15) is 0 Å². The van der Waals surface area contributed by atoms with Crippen LogP contribution in [-0.4, -0.2) is 35.3 Å². The largest absolute Gasteiger partial charge is 0.487 e.